The highest BCUT2D eigenvalue weighted by molar-refractivity contribution is 6.32. The molecule has 6 heteroatoms. The van der Waals surface area contributed by atoms with Gasteiger partial charge in [0.25, 0.3) is 0 Å². The Labute approximate surface area is 146 Å². The van der Waals surface area contributed by atoms with Crippen molar-refractivity contribution < 1.29 is 0 Å². The minimum Gasteiger partial charge on any atom is -0.357 e. The van der Waals surface area contributed by atoms with Crippen LogP contribution >= 0.6 is 23.2 Å². The molecule has 0 aliphatic carbocycles. The Kier molecular flexibility index (Phi) is 3.24. The van der Waals surface area contributed by atoms with E-state index in [1.54, 1.807) is 26.0 Å². The highest BCUT2D eigenvalue weighted by Crippen LogP contribution is 2.29. The van der Waals surface area contributed by atoms with Crippen molar-refractivity contribution in [2.24, 2.45) is 0 Å². The van der Waals surface area contributed by atoms with Gasteiger partial charge in [-0.3, -0.25) is 9.59 Å². The molecule has 0 aliphatic rings. The summed E-state index contributed by atoms with van der Waals surface area (Å²) in [7, 11) is 0. The third-order valence-electron chi connectivity index (χ3n) is 4.37. The van der Waals surface area contributed by atoms with Crippen LogP contribution in [0.2, 0.25) is 10.0 Å². The number of hydrogen-bond acceptors (Lipinski definition) is 2. The van der Waals surface area contributed by atoms with Crippen LogP contribution in [-0.4, -0.2) is 9.97 Å². The highest BCUT2D eigenvalue weighted by Gasteiger charge is 2.14. The van der Waals surface area contributed by atoms with Gasteiger partial charge in [-0.1, -0.05) is 35.3 Å². The fourth-order valence-electron chi connectivity index (χ4n) is 3.12. The second-order valence-electron chi connectivity index (χ2n) is 5.86. The van der Waals surface area contributed by atoms with Crippen molar-refractivity contribution in [2.75, 3.05) is 0 Å². The molecule has 0 spiro atoms. The third kappa shape index (κ3) is 1.93. The second-order valence-corrected chi connectivity index (χ2v) is 6.61. The Morgan fingerprint density at radius 2 is 1.00 bits per heavy atom. The molecule has 0 amide bonds. The van der Waals surface area contributed by atoms with Gasteiger partial charge in [0.15, 0.2) is 0 Å². The smallest absolute Gasteiger partial charge is 0.208 e. The van der Waals surface area contributed by atoms with E-state index in [2.05, 4.69) is 9.97 Å². The van der Waals surface area contributed by atoms with Crippen LogP contribution in [0.15, 0.2) is 33.9 Å². The maximum Gasteiger partial charge on any atom is 0.208 e. The van der Waals surface area contributed by atoms with Crippen molar-refractivity contribution >= 4 is 55.8 Å². The lowest BCUT2D eigenvalue weighted by Crippen LogP contribution is -2.08. The van der Waals surface area contributed by atoms with Crippen molar-refractivity contribution in [1.29, 1.82) is 0 Å². The van der Waals surface area contributed by atoms with Crippen LogP contribution in [0.4, 0.5) is 0 Å². The standard InChI is InChI=1S/C18H12Cl2N2O2/c1-7-13(19)17(23)11-5-4-10-9(15(11)21-7)3-6-12-16(10)22-8(2)14(20)18(12)24/h3-6H,1-2H3,(H,21,23)(H,22,24). The molecule has 24 heavy (non-hydrogen) atoms. The summed E-state index contributed by atoms with van der Waals surface area (Å²) in [5, 5.41) is 3.11. The van der Waals surface area contributed by atoms with Gasteiger partial charge in [0.05, 0.1) is 11.0 Å². The summed E-state index contributed by atoms with van der Waals surface area (Å²) in [6, 6.07) is 7.10. The van der Waals surface area contributed by atoms with Gasteiger partial charge in [-0.05, 0) is 26.0 Å². The van der Waals surface area contributed by atoms with Crippen molar-refractivity contribution in [3.05, 3.63) is 66.1 Å². The number of H-pyrrole nitrogens is 2. The largest absolute Gasteiger partial charge is 0.357 e. The lowest BCUT2D eigenvalue weighted by atomic mass is 10.0. The lowest BCUT2D eigenvalue weighted by molar-refractivity contribution is 1.24. The van der Waals surface area contributed by atoms with Crippen molar-refractivity contribution in [2.45, 2.75) is 13.8 Å². The van der Waals surface area contributed by atoms with Gasteiger partial charge in [0.1, 0.15) is 10.0 Å². The third-order valence-corrected chi connectivity index (χ3v) is 5.28. The molecule has 2 aromatic carbocycles. The molecule has 2 aromatic heterocycles. The molecular formula is C18H12Cl2N2O2. The zero-order chi connectivity index (χ0) is 17.2. The number of halogens is 2. The lowest BCUT2D eigenvalue weighted by Gasteiger charge is -2.10. The number of pyridine rings is 2. The van der Waals surface area contributed by atoms with Crippen molar-refractivity contribution in [3.63, 3.8) is 0 Å². The zero-order valence-electron chi connectivity index (χ0n) is 12.9. The average molecular weight is 359 g/mol. The predicted molar refractivity (Wildman–Crippen MR) is 99.7 cm³/mol. The Balaban J connectivity index is 2.30. The van der Waals surface area contributed by atoms with Gasteiger partial charge >= 0.3 is 0 Å². The SMILES string of the molecule is Cc1[nH]c2c(ccc3c2ccc2c(=O)c(Cl)c(C)[nH]c23)c(=O)c1Cl. The number of benzene rings is 2. The summed E-state index contributed by atoms with van der Waals surface area (Å²) in [6.45, 7) is 3.52. The molecule has 0 saturated heterocycles. The molecule has 2 heterocycles. The first-order valence-electron chi connectivity index (χ1n) is 7.36. The molecule has 0 atom stereocenters. The minimum atomic E-state index is -0.203. The van der Waals surface area contributed by atoms with E-state index in [9.17, 15) is 9.59 Å². The van der Waals surface area contributed by atoms with E-state index < -0.39 is 0 Å². The fourth-order valence-corrected chi connectivity index (χ4v) is 3.41. The Morgan fingerprint density at radius 1 is 0.667 bits per heavy atom. The van der Waals surface area contributed by atoms with E-state index in [1.165, 1.54) is 0 Å². The molecule has 0 unspecified atom stereocenters. The van der Waals surface area contributed by atoms with Crippen LogP contribution in [-0.2, 0) is 0 Å². The Hall–Kier alpha value is -2.30. The molecule has 0 saturated carbocycles. The maximum absolute atomic E-state index is 12.4. The number of aromatic amines is 2. The first-order chi connectivity index (χ1) is 11.4. The van der Waals surface area contributed by atoms with Gasteiger partial charge in [-0.15, -0.1) is 0 Å². The highest BCUT2D eigenvalue weighted by atomic mass is 35.5. The summed E-state index contributed by atoms with van der Waals surface area (Å²) in [4.78, 5) is 31.2. The van der Waals surface area contributed by atoms with Crippen LogP contribution in [0.1, 0.15) is 11.4 Å². The number of aromatic nitrogens is 2. The molecule has 2 N–H and O–H groups in total. The van der Waals surface area contributed by atoms with Gasteiger partial charge < -0.3 is 9.97 Å². The van der Waals surface area contributed by atoms with Gasteiger partial charge in [0.2, 0.25) is 10.9 Å². The Morgan fingerprint density at radius 3 is 1.38 bits per heavy atom. The van der Waals surface area contributed by atoms with E-state index in [-0.39, 0.29) is 20.9 Å². The van der Waals surface area contributed by atoms with E-state index in [1.807, 2.05) is 12.1 Å². The zero-order valence-corrected chi connectivity index (χ0v) is 14.4. The molecule has 120 valence electrons. The molecule has 4 rings (SSSR count). The second kappa shape index (κ2) is 5.10. The number of fused-ring (bicyclic) bond motifs is 5. The molecule has 4 aromatic rings. The molecular weight excluding hydrogens is 347 g/mol. The van der Waals surface area contributed by atoms with Crippen LogP contribution < -0.4 is 10.9 Å². The summed E-state index contributed by atoms with van der Waals surface area (Å²) < 4.78 is 0. The number of rotatable bonds is 0. The predicted octanol–water partition coefficient (Wildman–Crippen LogP) is 4.45. The van der Waals surface area contributed by atoms with Crippen LogP contribution in [0.3, 0.4) is 0 Å². The minimum absolute atomic E-state index is 0.193. The van der Waals surface area contributed by atoms with E-state index in [0.717, 1.165) is 10.8 Å². The molecule has 0 aliphatic heterocycles. The number of hydrogen-bond donors (Lipinski definition) is 2. The van der Waals surface area contributed by atoms with Crippen molar-refractivity contribution in [1.82, 2.24) is 9.97 Å². The first kappa shape index (κ1) is 15.2. The van der Waals surface area contributed by atoms with Gasteiger partial charge in [-0.25, -0.2) is 0 Å². The summed E-state index contributed by atoms with van der Waals surface area (Å²) in [5.41, 5.74) is 2.23. The average Bonchev–Trinajstić information content (AvgIpc) is 2.57. The quantitative estimate of drug-likeness (QED) is 0.456. The normalized spacial score (nSPS) is 11.7. The fraction of sp³-hybridized carbons (Fsp3) is 0.111. The molecule has 4 nitrogen and oxygen atoms in total. The van der Waals surface area contributed by atoms with Crippen LogP contribution in [0.25, 0.3) is 32.6 Å². The molecule has 0 radical (unpaired) electrons. The van der Waals surface area contributed by atoms with Gasteiger partial charge in [-0.2, -0.15) is 0 Å². The monoisotopic (exact) mass is 358 g/mol. The van der Waals surface area contributed by atoms with E-state index in [0.29, 0.717) is 33.2 Å². The molecule has 0 bridgehead atoms. The van der Waals surface area contributed by atoms with Crippen molar-refractivity contribution in [3.8, 4) is 0 Å². The topological polar surface area (TPSA) is 65.7 Å². The summed E-state index contributed by atoms with van der Waals surface area (Å²) >= 11 is 12.1. The number of nitrogens with one attached hydrogen (secondary N) is 2. The first-order valence-corrected chi connectivity index (χ1v) is 8.11. The Bertz CT molecular complexity index is 1190. The van der Waals surface area contributed by atoms with E-state index >= 15 is 0 Å². The molecule has 0 fully saturated rings. The summed E-state index contributed by atoms with van der Waals surface area (Å²) in [5.74, 6) is 0. The maximum atomic E-state index is 12.4. The van der Waals surface area contributed by atoms with Crippen LogP contribution in [0.5, 0.6) is 0 Å². The summed E-state index contributed by atoms with van der Waals surface area (Å²) in [6.07, 6.45) is 0. The van der Waals surface area contributed by atoms with Crippen LogP contribution in [0, 0.1) is 13.8 Å². The number of aryl methyl sites for hydroxylation is 2. The van der Waals surface area contributed by atoms with E-state index in [4.69, 9.17) is 23.2 Å². The van der Waals surface area contributed by atoms with Gasteiger partial charge in [0, 0.05) is 32.9 Å².